The monoisotopic (exact) mass is 227 g/mol. The van der Waals surface area contributed by atoms with E-state index in [0.29, 0.717) is 5.57 Å². The Kier molecular flexibility index (Phi) is 4.79. The summed E-state index contributed by atoms with van der Waals surface area (Å²) in [6, 6.07) is 0. The van der Waals surface area contributed by atoms with E-state index < -0.39 is 16.1 Å². The summed E-state index contributed by atoms with van der Waals surface area (Å²) >= 11 is 5.34. The van der Waals surface area contributed by atoms with E-state index in [4.69, 9.17) is 11.6 Å². The van der Waals surface area contributed by atoms with E-state index in [0.717, 1.165) is 6.26 Å². The first-order valence-corrected chi connectivity index (χ1v) is 5.65. The summed E-state index contributed by atoms with van der Waals surface area (Å²) in [6.07, 6.45) is -0.182. The average Bonchev–Trinajstić information content (AvgIpc) is 1.97. The SMILES string of the molecule is C=C(CCl)COC(=O)NS(C)(=O)=O. The highest BCUT2D eigenvalue weighted by molar-refractivity contribution is 7.89. The molecule has 1 amide bonds. The molecule has 13 heavy (non-hydrogen) atoms. The second-order valence-electron chi connectivity index (χ2n) is 2.33. The number of carbonyl (C=O) groups excluding carboxylic acids is 1. The van der Waals surface area contributed by atoms with E-state index in [2.05, 4.69) is 11.3 Å². The van der Waals surface area contributed by atoms with E-state index >= 15 is 0 Å². The molecule has 0 saturated heterocycles. The van der Waals surface area contributed by atoms with Gasteiger partial charge in [-0.3, -0.25) is 0 Å². The van der Waals surface area contributed by atoms with Crippen LogP contribution < -0.4 is 4.72 Å². The number of ether oxygens (including phenoxy) is 1. The normalized spacial score (nSPS) is 10.6. The molecule has 5 nitrogen and oxygen atoms in total. The third kappa shape index (κ3) is 7.61. The first kappa shape index (κ1) is 12.2. The molecule has 0 aliphatic heterocycles. The summed E-state index contributed by atoms with van der Waals surface area (Å²) in [5, 5.41) is 0. The van der Waals surface area contributed by atoms with Gasteiger partial charge in [0.25, 0.3) is 0 Å². The minimum atomic E-state index is -3.57. The van der Waals surface area contributed by atoms with Gasteiger partial charge >= 0.3 is 6.09 Å². The third-order valence-corrected chi connectivity index (χ3v) is 1.78. The molecule has 0 aromatic rings. The van der Waals surface area contributed by atoms with Gasteiger partial charge in [-0.1, -0.05) is 6.58 Å². The summed E-state index contributed by atoms with van der Waals surface area (Å²) in [6.45, 7) is 3.36. The molecule has 0 aliphatic rings. The highest BCUT2D eigenvalue weighted by Gasteiger charge is 2.08. The van der Waals surface area contributed by atoms with Crippen LogP contribution in [0.15, 0.2) is 12.2 Å². The Hall–Kier alpha value is -0.750. The molecule has 0 saturated carbocycles. The van der Waals surface area contributed by atoms with Crippen molar-refractivity contribution in [3.8, 4) is 0 Å². The molecule has 0 fully saturated rings. The minimum Gasteiger partial charge on any atom is -0.444 e. The third-order valence-electron chi connectivity index (χ3n) is 0.865. The van der Waals surface area contributed by atoms with Crippen LogP contribution in [0, 0.1) is 0 Å². The van der Waals surface area contributed by atoms with E-state index in [-0.39, 0.29) is 12.5 Å². The van der Waals surface area contributed by atoms with E-state index in [9.17, 15) is 13.2 Å². The molecule has 0 aromatic carbocycles. The summed E-state index contributed by atoms with van der Waals surface area (Å²) in [4.78, 5) is 10.7. The number of carbonyl (C=O) groups is 1. The molecule has 0 rings (SSSR count). The second kappa shape index (κ2) is 5.08. The molecule has 0 spiro atoms. The minimum absolute atomic E-state index is 0.0924. The summed E-state index contributed by atoms with van der Waals surface area (Å²) in [5.41, 5.74) is 0.491. The predicted molar refractivity (Wildman–Crippen MR) is 49.2 cm³/mol. The Morgan fingerprint density at radius 1 is 1.62 bits per heavy atom. The van der Waals surface area contributed by atoms with Crippen molar-refractivity contribution in [3.63, 3.8) is 0 Å². The van der Waals surface area contributed by atoms with Crippen LogP contribution in [-0.4, -0.2) is 33.3 Å². The van der Waals surface area contributed by atoms with Gasteiger partial charge < -0.3 is 4.74 Å². The standard InChI is InChI=1S/C6H10ClNO4S/c1-5(3-7)4-12-6(9)8-13(2,10)11/h1,3-4H2,2H3,(H,8,9). The largest absolute Gasteiger partial charge is 0.444 e. The fraction of sp³-hybridized carbons (Fsp3) is 0.500. The Labute approximate surface area is 81.8 Å². The first-order valence-electron chi connectivity index (χ1n) is 3.22. The molecule has 0 aliphatic carbocycles. The Bertz CT molecular complexity index is 298. The van der Waals surface area contributed by atoms with E-state index in [1.807, 2.05) is 0 Å². The van der Waals surface area contributed by atoms with Gasteiger partial charge in [0, 0.05) is 5.88 Å². The zero-order valence-electron chi connectivity index (χ0n) is 7.04. The number of hydrogen-bond donors (Lipinski definition) is 1. The van der Waals surface area contributed by atoms with Crippen molar-refractivity contribution in [3.05, 3.63) is 12.2 Å². The number of alkyl halides is 1. The van der Waals surface area contributed by atoms with Gasteiger partial charge in [-0.2, -0.15) is 0 Å². The van der Waals surface area contributed by atoms with Gasteiger partial charge in [0.1, 0.15) is 6.61 Å². The van der Waals surface area contributed by atoms with Gasteiger partial charge in [-0.25, -0.2) is 17.9 Å². The molecule has 0 unspecified atom stereocenters. The molecular weight excluding hydrogens is 218 g/mol. The summed E-state index contributed by atoms with van der Waals surface area (Å²) in [7, 11) is -3.57. The van der Waals surface area contributed by atoms with Crippen LogP contribution in [0.4, 0.5) is 4.79 Å². The van der Waals surface area contributed by atoms with Crippen molar-refractivity contribution in [1.82, 2.24) is 4.72 Å². The smallest absolute Gasteiger partial charge is 0.421 e. The maximum absolute atomic E-state index is 10.7. The van der Waals surface area contributed by atoms with Crippen molar-refractivity contribution in [2.45, 2.75) is 0 Å². The molecule has 7 heteroatoms. The van der Waals surface area contributed by atoms with Crippen LogP contribution in [0.25, 0.3) is 0 Å². The maximum Gasteiger partial charge on any atom is 0.421 e. The molecule has 76 valence electrons. The lowest BCUT2D eigenvalue weighted by molar-refractivity contribution is 0.162. The second-order valence-corrected chi connectivity index (χ2v) is 4.35. The molecule has 0 atom stereocenters. The van der Waals surface area contributed by atoms with Crippen LogP contribution in [0.5, 0.6) is 0 Å². The average molecular weight is 228 g/mol. The fourth-order valence-electron chi connectivity index (χ4n) is 0.387. The van der Waals surface area contributed by atoms with Crippen molar-refractivity contribution in [2.75, 3.05) is 18.7 Å². The molecule has 0 heterocycles. The number of hydrogen-bond acceptors (Lipinski definition) is 4. The van der Waals surface area contributed by atoms with Crippen LogP contribution in [-0.2, 0) is 14.8 Å². The van der Waals surface area contributed by atoms with Gasteiger partial charge in [-0.15, -0.1) is 11.6 Å². The Morgan fingerprint density at radius 3 is 2.54 bits per heavy atom. The van der Waals surface area contributed by atoms with E-state index in [1.165, 1.54) is 0 Å². The molecular formula is C6H10ClNO4S. The van der Waals surface area contributed by atoms with Crippen molar-refractivity contribution in [2.24, 2.45) is 0 Å². The van der Waals surface area contributed by atoms with Crippen LogP contribution in [0.2, 0.25) is 0 Å². The van der Waals surface area contributed by atoms with Crippen molar-refractivity contribution in [1.29, 1.82) is 0 Å². The molecule has 0 radical (unpaired) electrons. The number of amides is 1. The predicted octanol–water partition coefficient (Wildman–Crippen LogP) is 0.467. The molecule has 1 N–H and O–H groups in total. The number of halogens is 1. The number of nitrogens with one attached hydrogen (secondary N) is 1. The summed E-state index contributed by atoms with van der Waals surface area (Å²) < 4.78 is 27.1. The Balaban J connectivity index is 3.84. The van der Waals surface area contributed by atoms with Gasteiger partial charge in [-0.05, 0) is 5.57 Å². The van der Waals surface area contributed by atoms with Gasteiger partial charge in [0.05, 0.1) is 6.26 Å². The lowest BCUT2D eigenvalue weighted by Crippen LogP contribution is -2.30. The zero-order valence-corrected chi connectivity index (χ0v) is 8.61. The lowest BCUT2D eigenvalue weighted by atomic mass is 10.4. The summed E-state index contributed by atoms with van der Waals surface area (Å²) in [5.74, 6) is 0.159. The number of rotatable bonds is 4. The van der Waals surface area contributed by atoms with E-state index in [1.54, 1.807) is 4.72 Å². The van der Waals surface area contributed by atoms with Gasteiger partial charge in [0.2, 0.25) is 10.0 Å². The van der Waals surface area contributed by atoms with Crippen LogP contribution in [0.3, 0.4) is 0 Å². The van der Waals surface area contributed by atoms with Crippen molar-refractivity contribution < 1.29 is 17.9 Å². The quantitative estimate of drug-likeness (QED) is 0.560. The Morgan fingerprint density at radius 2 is 2.15 bits per heavy atom. The maximum atomic E-state index is 10.7. The lowest BCUT2D eigenvalue weighted by Gasteiger charge is -2.04. The van der Waals surface area contributed by atoms with Crippen molar-refractivity contribution >= 4 is 27.7 Å². The highest BCUT2D eigenvalue weighted by Crippen LogP contribution is 1.94. The molecule has 0 aromatic heterocycles. The zero-order chi connectivity index (χ0) is 10.5. The highest BCUT2D eigenvalue weighted by atomic mass is 35.5. The first-order chi connectivity index (χ1) is 5.85. The van der Waals surface area contributed by atoms with Gasteiger partial charge in [0.15, 0.2) is 0 Å². The number of sulfonamides is 1. The van der Waals surface area contributed by atoms with Crippen LogP contribution >= 0.6 is 11.6 Å². The molecule has 0 bridgehead atoms. The topological polar surface area (TPSA) is 72.5 Å². The van der Waals surface area contributed by atoms with Crippen LogP contribution in [0.1, 0.15) is 0 Å². The fourth-order valence-corrected chi connectivity index (χ4v) is 0.826.